The minimum absolute atomic E-state index is 0.933. The zero-order chi connectivity index (χ0) is 9.10. The summed E-state index contributed by atoms with van der Waals surface area (Å²) in [6, 6.07) is 1.99. The van der Waals surface area contributed by atoms with Gasteiger partial charge < -0.3 is 5.73 Å². The minimum atomic E-state index is 0.933. The summed E-state index contributed by atoms with van der Waals surface area (Å²) < 4.78 is 0. The van der Waals surface area contributed by atoms with Gasteiger partial charge in [-0.05, 0) is 43.2 Å². The molecule has 0 amide bonds. The Morgan fingerprint density at radius 2 is 2.00 bits per heavy atom. The molecule has 0 spiro atoms. The van der Waals surface area contributed by atoms with Crippen molar-refractivity contribution in [3.8, 4) is 0 Å². The highest BCUT2D eigenvalue weighted by Gasteiger charge is 2.06. The maximum atomic E-state index is 5.82. The number of nitrogens with two attached hydrogens (primary N) is 1. The van der Waals surface area contributed by atoms with Gasteiger partial charge in [0, 0.05) is 10.6 Å². The third-order valence-corrected chi connectivity index (χ3v) is 3.44. The summed E-state index contributed by atoms with van der Waals surface area (Å²) in [7, 11) is 0. The molecule has 1 aromatic heterocycles. The summed E-state index contributed by atoms with van der Waals surface area (Å²) >= 11 is 1.74. The van der Waals surface area contributed by atoms with E-state index in [4.69, 9.17) is 5.73 Å². The van der Waals surface area contributed by atoms with Crippen LogP contribution in [0.15, 0.2) is 17.0 Å². The summed E-state index contributed by atoms with van der Waals surface area (Å²) in [6.45, 7) is 0. The van der Waals surface area contributed by atoms with Gasteiger partial charge in [-0.3, -0.25) is 0 Å². The normalized spacial score (nSPS) is 17.4. The standard InChI is InChI=1S/C11H15NS/c12-10-6-7-13-11(10)8-9-4-2-1-3-5-9/h6-8H,1-5,12H2. The molecular weight excluding hydrogens is 178 g/mol. The van der Waals surface area contributed by atoms with Crippen molar-refractivity contribution >= 4 is 23.1 Å². The van der Waals surface area contributed by atoms with Crippen LogP contribution in [0.1, 0.15) is 37.0 Å². The summed E-state index contributed by atoms with van der Waals surface area (Å²) in [5.74, 6) is 0. The van der Waals surface area contributed by atoms with E-state index in [0.717, 1.165) is 5.69 Å². The smallest absolute Gasteiger partial charge is 0.0499 e. The van der Waals surface area contributed by atoms with Crippen LogP contribution in [0.4, 0.5) is 5.69 Å². The van der Waals surface area contributed by atoms with Gasteiger partial charge >= 0.3 is 0 Å². The lowest BCUT2D eigenvalue weighted by Gasteiger charge is -2.12. The Morgan fingerprint density at radius 1 is 1.23 bits per heavy atom. The van der Waals surface area contributed by atoms with Crippen LogP contribution in [-0.2, 0) is 0 Å². The van der Waals surface area contributed by atoms with Gasteiger partial charge in [0.25, 0.3) is 0 Å². The first-order valence-electron chi connectivity index (χ1n) is 4.88. The third kappa shape index (κ3) is 2.13. The second-order valence-electron chi connectivity index (χ2n) is 3.60. The summed E-state index contributed by atoms with van der Waals surface area (Å²) in [5.41, 5.74) is 8.34. The Bertz CT molecular complexity index is 304. The molecule has 0 aromatic carbocycles. The van der Waals surface area contributed by atoms with Crippen molar-refractivity contribution < 1.29 is 0 Å². The van der Waals surface area contributed by atoms with Gasteiger partial charge in [0.05, 0.1) is 0 Å². The van der Waals surface area contributed by atoms with Crippen molar-refractivity contribution in [2.75, 3.05) is 5.73 Å². The monoisotopic (exact) mass is 193 g/mol. The maximum Gasteiger partial charge on any atom is 0.0499 e. The molecule has 0 atom stereocenters. The summed E-state index contributed by atoms with van der Waals surface area (Å²) in [5, 5.41) is 2.06. The molecule has 1 fully saturated rings. The van der Waals surface area contributed by atoms with Gasteiger partial charge in [-0.2, -0.15) is 0 Å². The van der Waals surface area contributed by atoms with Crippen molar-refractivity contribution in [2.24, 2.45) is 0 Å². The highest BCUT2D eigenvalue weighted by molar-refractivity contribution is 7.11. The second-order valence-corrected chi connectivity index (χ2v) is 4.55. The molecule has 13 heavy (non-hydrogen) atoms. The van der Waals surface area contributed by atoms with E-state index in [-0.39, 0.29) is 0 Å². The molecule has 1 aliphatic carbocycles. The molecule has 2 heteroatoms. The summed E-state index contributed by atoms with van der Waals surface area (Å²) in [4.78, 5) is 1.25. The van der Waals surface area contributed by atoms with Crippen LogP contribution in [-0.4, -0.2) is 0 Å². The second kappa shape index (κ2) is 3.97. The minimum Gasteiger partial charge on any atom is -0.398 e. The van der Waals surface area contributed by atoms with Crippen molar-refractivity contribution in [2.45, 2.75) is 32.1 Å². The third-order valence-electron chi connectivity index (χ3n) is 2.56. The van der Waals surface area contributed by atoms with Crippen molar-refractivity contribution in [1.82, 2.24) is 0 Å². The van der Waals surface area contributed by atoms with Crippen LogP contribution < -0.4 is 5.73 Å². The van der Waals surface area contributed by atoms with Gasteiger partial charge in [-0.25, -0.2) is 0 Å². The molecular formula is C11H15NS. The molecule has 0 bridgehead atoms. The number of allylic oxidation sites excluding steroid dienone is 1. The Kier molecular flexibility index (Phi) is 2.69. The lowest BCUT2D eigenvalue weighted by Crippen LogP contribution is -1.93. The molecule has 1 aliphatic rings. The predicted molar refractivity (Wildman–Crippen MR) is 59.8 cm³/mol. The Balaban J connectivity index is 2.14. The van der Waals surface area contributed by atoms with E-state index in [2.05, 4.69) is 11.5 Å². The molecule has 0 aliphatic heterocycles. The van der Waals surface area contributed by atoms with Crippen molar-refractivity contribution in [3.05, 3.63) is 21.9 Å². The van der Waals surface area contributed by atoms with Crippen molar-refractivity contribution in [1.29, 1.82) is 0 Å². The number of thiophene rings is 1. The quantitative estimate of drug-likeness (QED) is 0.723. The highest BCUT2D eigenvalue weighted by atomic mass is 32.1. The van der Waals surface area contributed by atoms with Gasteiger partial charge in [0.15, 0.2) is 0 Å². The van der Waals surface area contributed by atoms with Crippen molar-refractivity contribution in [3.63, 3.8) is 0 Å². The van der Waals surface area contributed by atoms with E-state index in [1.807, 2.05) is 6.07 Å². The highest BCUT2D eigenvalue weighted by Crippen LogP contribution is 2.28. The molecule has 1 nitrogen and oxygen atoms in total. The average Bonchev–Trinajstić information content (AvgIpc) is 2.54. The molecule has 2 rings (SSSR count). The number of anilines is 1. The van der Waals surface area contributed by atoms with E-state index in [9.17, 15) is 0 Å². The predicted octanol–water partition coefficient (Wildman–Crippen LogP) is 3.68. The van der Waals surface area contributed by atoms with Gasteiger partial charge in [0.1, 0.15) is 0 Å². The fourth-order valence-corrected chi connectivity index (χ4v) is 2.58. The average molecular weight is 193 g/mol. The van der Waals surface area contributed by atoms with E-state index in [1.165, 1.54) is 37.0 Å². The lowest BCUT2D eigenvalue weighted by atomic mass is 9.94. The molecule has 1 heterocycles. The fourth-order valence-electron chi connectivity index (χ4n) is 1.78. The van der Waals surface area contributed by atoms with Gasteiger partial charge in [-0.1, -0.05) is 12.0 Å². The molecule has 0 unspecified atom stereocenters. The fraction of sp³-hybridized carbons (Fsp3) is 0.455. The van der Waals surface area contributed by atoms with E-state index in [1.54, 1.807) is 16.9 Å². The molecule has 1 aromatic rings. The molecule has 0 radical (unpaired) electrons. The van der Waals surface area contributed by atoms with E-state index in [0.29, 0.717) is 0 Å². The van der Waals surface area contributed by atoms with Crippen LogP contribution >= 0.6 is 11.3 Å². The summed E-state index contributed by atoms with van der Waals surface area (Å²) in [6.07, 6.45) is 8.96. The first-order chi connectivity index (χ1) is 6.36. The SMILES string of the molecule is Nc1ccsc1C=C1CCCCC1. The topological polar surface area (TPSA) is 26.0 Å². The molecule has 70 valence electrons. The zero-order valence-electron chi connectivity index (χ0n) is 7.75. The van der Waals surface area contributed by atoms with Gasteiger partial charge in [0.2, 0.25) is 0 Å². The van der Waals surface area contributed by atoms with E-state index >= 15 is 0 Å². The molecule has 0 saturated heterocycles. The molecule has 1 saturated carbocycles. The van der Waals surface area contributed by atoms with Crippen LogP contribution in [0, 0.1) is 0 Å². The number of hydrogen-bond donors (Lipinski definition) is 1. The molecule has 2 N–H and O–H groups in total. The Labute approximate surface area is 83.3 Å². The maximum absolute atomic E-state index is 5.82. The van der Waals surface area contributed by atoms with E-state index < -0.39 is 0 Å². The zero-order valence-corrected chi connectivity index (χ0v) is 8.57. The first-order valence-corrected chi connectivity index (χ1v) is 5.76. The Hall–Kier alpha value is -0.760. The van der Waals surface area contributed by atoms with Crippen LogP contribution in [0.5, 0.6) is 0 Å². The van der Waals surface area contributed by atoms with Crippen LogP contribution in [0.3, 0.4) is 0 Å². The lowest BCUT2D eigenvalue weighted by molar-refractivity contribution is 0.603. The number of hydrogen-bond acceptors (Lipinski definition) is 2. The largest absolute Gasteiger partial charge is 0.398 e. The van der Waals surface area contributed by atoms with Crippen LogP contribution in [0.25, 0.3) is 6.08 Å². The number of nitrogen functional groups attached to an aromatic ring is 1. The van der Waals surface area contributed by atoms with Crippen LogP contribution in [0.2, 0.25) is 0 Å². The Morgan fingerprint density at radius 3 is 2.62 bits per heavy atom. The first kappa shape index (κ1) is 8.82. The number of rotatable bonds is 1. The van der Waals surface area contributed by atoms with Gasteiger partial charge in [-0.15, -0.1) is 11.3 Å².